The molecule has 3 atom stereocenters. The summed E-state index contributed by atoms with van der Waals surface area (Å²) in [5, 5.41) is 13.2. The summed E-state index contributed by atoms with van der Waals surface area (Å²) in [7, 11) is 0. The lowest BCUT2D eigenvalue weighted by Gasteiger charge is -2.36. The first-order valence-electron chi connectivity index (χ1n) is 18.2. The predicted octanol–water partition coefficient (Wildman–Crippen LogP) is 10.1. The quantitative estimate of drug-likeness (QED) is 0.0722. The molecule has 0 aliphatic carbocycles. The molecule has 1 aliphatic heterocycles. The predicted molar refractivity (Wildman–Crippen MR) is 205 cm³/mol. The zero-order valence-corrected chi connectivity index (χ0v) is 30.4. The third kappa shape index (κ3) is 10.3. The molecular weight excluding hydrogens is 673 g/mol. The second-order valence-electron chi connectivity index (χ2n) is 13.0. The van der Waals surface area contributed by atoms with Crippen LogP contribution in [0, 0.1) is 0 Å². The van der Waals surface area contributed by atoms with E-state index in [0.29, 0.717) is 48.1 Å². The van der Waals surface area contributed by atoms with Crippen molar-refractivity contribution in [2.75, 3.05) is 11.1 Å². The number of amides is 1. The molecule has 2 unspecified atom stereocenters. The van der Waals surface area contributed by atoms with Crippen LogP contribution in [0.4, 0.5) is 5.69 Å². The molecule has 9 heteroatoms. The van der Waals surface area contributed by atoms with E-state index in [2.05, 4.69) is 5.32 Å². The number of rotatable bonds is 17. The Morgan fingerprint density at radius 2 is 1.44 bits per heavy atom. The number of Topliss-reactive ketones (excluding diaryl/α,β-unsaturated/α-hetero) is 1. The fraction of sp³-hybridized carbons (Fsp3) is 0.326. The smallest absolute Gasteiger partial charge is 0.256 e. The Bertz CT molecular complexity index is 1800. The summed E-state index contributed by atoms with van der Waals surface area (Å²) in [5.74, 6) is 1.60. The lowest BCUT2D eigenvalue weighted by atomic mass is 10.0. The van der Waals surface area contributed by atoms with Crippen LogP contribution < -0.4 is 5.32 Å². The standard InChI is InChI=1S/C43H46N2O6S/c1-2-36(47)17-11-3-4-12-18-39(48)44-35-25-23-34(24-26-35)42-49-37(27-38(50-42)31-21-19-30(28-46)20-22-31)29-52-43-45-40(32-13-7-5-8-14-32)41(51-43)33-15-9-6-10-16-33/h5-10,13-16,19-26,37-38,42,46H,2-4,11-12,17-18,27-29H2,1H3,(H,44,48)/t37-,38?,42?/m1/s1. The van der Waals surface area contributed by atoms with Crippen LogP contribution in [0.2, 0.25) is 0 Å². The molecule has 270 valence electrons. The molecule has 1 fully saturated rings. The Labute approximate surface area is 310 Å². The number of carbonyl (C=O) groups is 2. The normalized spacial score (nSPS) is 17.2. The van der Waals surface area contributed by atoms with Gasteiger partial charge in [-0.2, -0.15) is 0 Å². The van der Waals surface area contributed by atoms with Crippen molar-refractivity contribution in [3.63, 3.8) is 0 Å². The summed E-state index contributed by atoms with van der Waals surface area (Å²) in [6, 6.07) is 35.5. The van der Waals surface area contributed by atoms with Gasteiger partial charge in [0, 0.05) is 53.8 Å². The zero-order valence-electron chi connectivity index (χ0n) is 29.5. The molecule has 0 saturated carbocycles. The number of aliphatic hydroxyl groups is 1. The first-order chi connectivity index (χ1) is 25.5. The highest BCUT2D eigenvalue weighted by Crippen LogP contribution is 2.41. The van der Waals surface area contributed by atoms with Gasteiger partial charge < -0.3 is 24.3 Å². The van der Waals surface area contributed by atoms with Gasteiger partial charge in [-0.3, -0.25) is 9.59 Å². The SMILES string of the molecule is CCC(=O)CCCCCCC(=O)Nc1ccc(C2OC(c3ccc(CO)cc3)C[C@H](CSc3nc(-c4ccccc4)c(-c4ccccc4)o3)O2)cc1. The topological polar surface area (TPSA) is 111 Å². The van der Waals surface area contributed by atoms with E-state index in [1.165, 1.54) is 11.8 Å². The van der Waals surface area contributed by atoms with Crippen molar-refractivity contribution >= 4 is 29.1 Å². The second kappa shape index (κ2) is 18.8. The lowest BCUT2D eigenvalue weighted by molar-refractivity contribution is -0.245. The molecule has 5 aromatic rings. The molecule has 0 spiro atoms. The van der Waals surface area contributed by atoms with Crippen LogP contribution in [-0.2, 0) is 25.7 Å². The van der Waals surface area contributed by atoms with E-state index in [0.717, 1.165) is 65.0 Å². The largest absolute Gasteiger partial charge is 0.431 e. The number of anilines is 1. The zero-order chi connectivity index (χ0) is 36.1. The van der Waals surface area contributed by atoms with E-state index in [9.17, 15) is 14.7 Å². The van der Waals surface area contributed by atoms with Crippen molar-refractivity contribution in [3.05, 3.63) is 126 Å². The van der Waals surface area contributed by atoms with E-state index in [4.69, 9.17) is 18.9 Å². The molecular formula is C43H46N2O6S. The first-order valence-corrected chi connectivity index (χ1v) is 19.1. The number of nitrogens with one attached hydrogen (secondary N) is 1. The third-order valence-corrected chi connectivity index (χ3v) is 10.1. The molecule has 0 bridgehead atoms. The number of ether oxygens (including phenoxy) is 2. The molecule has 2 heterocycles. The monoisotopic (exact) mass is 718 g/mol. The van der Waals surface area contributed by atoms with Crippen LogP contribution in [0.5, 0.6) is 0 Å². The number of unbranched alkanes of at least 4 members (excludes halogenated alkanes) is 3. The highest BCUT2D eigenvalue weighted by Gasteiger charge is 2.33. The summed E-state index contributed by atoms with van der Waals surface area (Å²) in [6.45, 7) is 1.87. The Morgan fingerprint density at radius 3 is 2.12 bits per heavy atom. The number of ketones is 1. The number of aliphatic hydroxyl groups excluding tert-OH is 1. The van der Waals surface area contributed by atoms with Crippen LogP contribution in [0.1, 0.15) is 87.4 Å². The van der Waals surface area contributed by atoms with E-state index in [1.807, 2.05) is 116 Å². The van der Waals surface area contributed by atoms with Crippen molar-refractivity contribution < 1.29 is 28.6 Å². The highest BCUT2D eigenvalue weighted by molar-refractivity contribution is 7.99. The van der Waals surface area contributed by atoms with Crippen molar-refractivity contribution in [1.29, 1.82) is 0 Å². The average Bonchev–Trinajstić information content (AvgIpc) is 3.63. The number of hydrogen-bond acceptors (Lipinski definition) is 8. The Balaban J connectivity index is 1.12. The van der Waals surface area contributed by atoms with Gasteiger partial charge >= 0.3 is 0 Å². The molecule has 2 N–H and O–H groups in total. The van der Waals surface area contributed by atoms with Crippen LogP contribution in [0.25, 0.3) is 22.6 Å². The Hall–Kier alpha value is -4.54. The average molecular weight is 719 g/mol. The van der Waals surface area contributed by atoms with Gasteiger partial charge in [0.2, 0.25) is 5.91 Å². The summed E-state index contributed by atoms with van der Waals surface area (Å²) >= 11 is 1.52. The van der Waals surface area contributed by atoms with E-state index >= 15 is 0 Å². The maximum Gasteiger partial charge on any atom is 0.256 e. The van der Waals surface area contributed by atoms with Gasteiger partial charge in [-0.15, -0.1) is 0 Å². The van der Waals surface area contributed by atoms with Gasteiger partial charge in [0.05, 0.1) is 18.8 Å². The minimum Gasteiger partial charge on any atom is -0.431 e. The number of benzene rings is 4. The number of hydrogen-bond donors (Lipinski definition) is 2. The Morgan fingerprint density at radius 1 is 0.788 bits per heavy atom. The number of thioether (sulfide) groups is 1. The lowest BCUT2D eigenvalue weighted by Crippen LogP contribution is -2.31. The van der Waals surface area contributed by atoms with E-state index in [1.54, 1.807) is 0 Å². The maximum absolute atomic E-state index is 12.6. The molecule has 6 rings (SSSR count). The van der Waals surface area contributed by atoms with Crippen LogP contribution in [-0.4, -0.2) is 33.6 Å². The van der Waals surface area contributed by atoms with Crippen LogP contribution in [0.3, 0.4) is 0 Å². The van der Waals surface area contributed by atoms with E-state index in [-0.39, 0.29) is 24.7 Å². The fourth-order valence-corrected chi connectivity index (χ4v) is 7.05. The van der Waals surface area contributed by atoms with Crippen LogP contribution >= 0.6 is 11.8 Å². The van der Waals surface area contributed by atoms with Crippen LogP contribution in [0.15, 0.2) is 119 Å². The van der Waals surface area contributed by atoms with Gasteiger partial charge in [-0.1, -0.05) is 129 Å². The summed E-state index contributed by atoms with van der Waals surface area (Å²) in [5.41, 5.74) is 6.17. The molecule has 4 aromatic carbocycles. The van der Waals surface area contributed by atoms with Crippen molar-refractivity contribution in [2.24, 2.45) is 0 Å². The van der Waals surface area contributed by atoms with Gasteiger partial charge in [0.1, 0.15) is 11.5 Å². The van der Waals surface area contributed by atoms with Crippen molar-refractivity contribution in [2.45, 2.75) is 88.6 Å². The highest BCUT2D eigenvalue weighted by atomic mass is 32.2. The van der Waals surface area contributed by atoms with E-state index < -0.39 is 6.29 Å². The number of aromatic nitrogens is 1. The van der Waals surface area contributed by atoms with Gasteiger partial charge in [-0.05, 0) is 36.1 Å². The number of oxazole rings is 1. The molecule has 0 radical (unpaired) electrons. The summed E-state index contributed by atoms with van der Waals surface area (Å²) in [4.78, 5) is 29.0. The third-order valence-electron chi connectivity index (χ3n) is 9.17. The molecule has 1 saturated heterocycles. The first kappa shape index (κ1) is 37.2. The minimum absolute atomic E-state index is 0.0208. The fourth-order valence-electron chi connectivity index (χ4n) is 6.21. The molecule has 52 heavy (non-hydrogen) atoms. The summed E-state index contributed by atoms with van der Waals surface area (Å²) < 4.78 is 19.5. The van der Waals surface area contributed by atoms with Gasteiger partial charge in [0.15, 0.2) is 12.1 Å². The molecule has 1 amide bonds. The summed E-state index contributed by atoms with van der Waals surface area (Å²) in [6.07, 6.45) is 4.82. The Kier molecular flexibility index (Phi) is 13.5. The van der Waals surface area contributed by atoms with Crippen molar-refractivity contribution in [1.82, 2.24) is 4.98 Å². The van der Waals surface area contributed by atoms with Gasteiger partial charge in [0.25, 0.3) is 5.22 Å². The molecule has 1 aliphatic rings. The van der Waals surface area contributed by atoms with Gasteiger partial charge in [-0.25, -0.2) is 4.98 Å². The van der Waals surface area contributed by atoms with Crippen molar-refractivity contribution in [3.8, 4) is 22.6 Å². The molecule has 8 nitrogen and oxygen atoms in total. The molecule has 1 aromatic heterocycles. The number of nitrogens with zero attached hydrogens (tertiary/aromatic N) is 1. The second-order valence-corrected chi connectivity index (χ2v) is 14.0. The number of carbonyl (C=O) groups excluding carboxylic acids is 2. The maximum atomic E-state index is 12.6. The minimum atomic E-state index is -0.629.